The Balaban J connectivity index is 2.20. The molecule has 0 atom stereocenters. The second-order valence-electron chi connectivity index (χ2n) is 3.51. The number of carbonyl (C=O) groups excluding carboxylic acids is 1. The van der Waals surface area contributed by atoms with E-state index >= 15 is 0 Å². The van der Waals surface area contributed by atoms with E-state index in [9.17, 15) is 9.90 Å². The van der Waals surface area contributed by atoms with Crippen LogP contribution in [0.1, 0.15) is 16.2 Å². The number of methoxy groups -OCH3 is 1. The van der Waals surface area contributed by atoms with Gasteiger partial charge in [0.05, 0.1) is 7.11 Å². The van der Waals surface area contributed by atoms with E-state index in [0.717, 1.165) is 0 Å². The number of hydrogen-bond donors (Lipinski definition) is 2. The Kier molecular flexibility index (Phi) is 3.13. The van der Waals surface area contributed by atoms with Crippen LogP contribution in [0, 0.1) is 6.92 Å². The molecule has 18 heavy (non-hydrogen) atoms. The van der Waals surface area contributed by atoms with Gasteiger partial charge in [-0.25, -0.2) is 0 Å². The lowest BCUT2D eigenvalue weighted by Gasteiger charge is -2.05. The number of aryl methyl sites for hydroxylation is 1. The summed E-state index contributed by atoms with van der Waals surface area (Å²) < 4.78 is 9.67. The van der Waals surface area contributed by atoms with Gasteiger partial charge in [-0.2, -0.15) is 4.98 Å². The Morgan fingerprint density at radius 3 is 2.83 bits per heavy atom. The van der Waals surface area contributed by atoms with Crippen molar-refractivity contribution in [2.75, 3.05) is 12.4 Å². The molecule has 1 heterocycles. The molecule has 0 saturated heterocycles. The van der Waals surface area contributed by atoms with Crippen LogP contribution < -0.4 is 10.1 Å². The van der Waals surface area contributed by atoms with E-state index in [0.29, 0.717) is 11.6 Å². The predicted molar refractivity (Wildman–Crippen MR) is 61.6 cm³/mol. The maximum absolute atomic E-state index is 11.8. The topological polar surface area (TPSA) is 97.5 Å². The van der Waals surface area contributed by atoms with Crippen molar-refractivity contribution < 1.29 is 19.2 Å². The van der Waals surface area contributed by atoms with Crippen LogP contribution in [0.15, 0.2) is 22.7 Å². The Hall–Kier alpha value is -2.57. The molecule has 1 amide bonds. The summed E-state index contributed by atoms with van der Waals surface area (Å²) in [4.78, 5) is 15.7. The number of aromatic hydroxyl groups is 1. The van der Waals surface area contributed by atoms with Crippen molar-refractivity contribution in [3.63, 3.8) is 0 Å². The maximum atomic E-state index is 11.8. The zero-order chi connectivity index (χ0) is 13.1. The van der Waals surface area contributed by atoms with Crippen LogP contribution in [0.3, 0.4) is 0 Å². The summed E-state index contributed by atoms with van der Waals surface area (Å²) in [6.45, 7) is 1.61. The molecule has 0 radical (unpaired) electrons. The number of amides is 1. The molecule has 0 aliphatic rings. The number of benzene rings is 1. The number of anilines is 1. The van der Waals surface area contributed by atoms with E-state index in [2.05, 4.69) is 15.5 Å². The molecule has 0 bridgehead atoms. The second kappa shape index (κ2) is 4.74. The molecule has 0 saturated carbocycles. The fourth-order valence-corrected chi connectivity index (χ4v) is 1.36. The number of ether oxygens (including phenoxy) is 1. The van der Waals surface area contributed by atoms with Crippen LogP contribution in [-0.2, 0) is 0 Å². The minimum Gasteiger partial charge on any atom is -0.508 e. The lowest BCUT2D eigenvalue weighted by molar-refractivity contribution is 0.102. The quantitative estimate of drug-likeness (QED) is 0.851. The smallest absolute Gasteiger partial charge is 0.270 e. The summed E-state index contributed by atoms with van der Waals surface area (Å²) in [5, 5.41) is 15.4. The van der Waals surface area contributed by atoms with Gasteiger partial charge in [-0.15, -0.1) is 0 Å². The summed E-state index contributed by atoms with van der Waals surface area (Å²) in [5.41, 5.74) is 0.231. The minimum atomic E-state index is -0.468. The van der Waals surface area contributed by atoms with Gasteiger partial charge in [-0.1, -0.05) is 0 Å². The number of rotatable bonds is 3. The van der Waals surface area contributed by atoms with Crippen molar-refractivity contribution in [1.82, 2.24) is 10.1 Å². The third kappa shape index (κ3) is 2.57. The lowest BCUT2D eigenvalue weighted by atomic mass is 10.2. The van der Waals surface area contributed by atoms with Crippen LogP contribution in [-0.4, -0.2) is 28.3 Å². The van der Waals surface area contributed by atoms with Gasteiger partial charge in [0.1, 0.15) is 11.5 Å². The highest BCUT2D eigenvalue weighted by molar-refractivity contribution is 6.03. The average molecular weight is 249 g/mol. The molecule has 2 aromatic rings. The molecule has 7 heteroatoms. The van der Waals surface area contributed by atoms with E-state index in [1.807, 2.05) is 0 Å². The highest BCUT2D eigenvalue weighted by Crippen LogP contribution is 2.21. The number of nitrogens with one attached hydrogen (secondary N) is 1. The van der Waals surface area contributed by atoms with Crippen LogP contribution in [0.25, 0.3) is 0 Å². The molecule has 7 nitrogen and oxygen atoms in total. The first-order valence-corrected chi connectivity index (χ1v) is 5.08. The molecule has 0 spiro atoms. The number of hydrogen-bond acceptors (Lipinski definition) is 6. The standard InChI is InChI=1S/C11H11N3O4/c1-6-12-11(14-18-6)13-10(16)7-3-8(15)5-9(4-7)17-2/h3-5,15H,1-2H3,(H,13,14,16). The number of phenolic OH excluding ortho intramolecular Hbond substituents is 1. The summed E-state index contributed by atoms with van der Waals surface area (Å²) in [7, 11) is 1.44. The highest BCUT2D eigenvalue weighted by Gasteiger charge is 2.12. The number of aromatic nitrogens is 2. The van der Waals surface area contributed by atoms with Crippen molar-refractivity contribution >= 4 is 11.9 Å². The molecule has 1 aromatic carbocycles. The maximum Gasteiger partial charge on any atom is 0.270 e. The monoisotopic (exact) mass is 249 g/mol. The first-order valence-electron chi connectivity index (χ1n) is 5.08. The second-order valence-corrected chi connectivity index (χ2v) is 3.51. The third-order valence-corrected chi connectivity index (χ3v) is 2.14. The van der Waals surface area contributed by atoms with Crippen LogP contribution in [0.4, 0.5) is 5.95 Å². The van der Waals surface area contributed by atoms with E-state index in [1.54, 1.807) is 6.92 Å². The van der Waals surface area contributed by atoms with Crippen molar-refractivity contribution in [3.05, 3.63) is 29.7 Å². The number of carbonyl (C=O) groups is 1. The van der Waals surface area contributed by atoms with Gasteiger partial charge >= 0.3 is 0 Å². The zero-order valence-electron chi connectivity index (χ0n) is 9.80. The van der Waals surface area contributed by atoms with Gasteiger partial charge in [0.15, 0.2) is 0 Å². The summed E-state index contributed by atoms with van der Waals surface area (Å²) >= 11 is 0. The Labute approximate surface area is 102 Å². The van der Waals surface area contributed by atoms with Gasteiger partial charge in [0.2, 0.25) is 5.89 Å². The molecule has 1 aromatic heterocycles. The fourth-order valence-electron chi connectivity index (χ4n) is 1.36. The van der Waals surface area contributed by atoms with E-state index < -0.39 is 5.91 Å². The molecular weight excluding hydrogens is 238 g/mol. The van der Waals surface area contributed by atoms with Crippen molar-refractivity contribution in [2.24, 2.45) is 0 Å². The molecule has 2 N–H and O–H groups in total. The molecule has 0 aliphatic heterocycles. The SMILES string of the molecule is COc1cc(O)cc(C(=O)Nc2noc(C)n2)c1. The molecule has 0 unspecified atom stereocenters. The zero-order valence-corrected chi connectivity index (χ0v) is 9.80. The van der Waals surface area contributed by atoms with Crippen LogP contribution in [0.5, 0.6) is 11.5 Å². The van der Waals surface area contributed by atoms with E-state index in [-0.39, 0.29) is 17.3 Å². The van der Waals surface area contributed by atoms with Gasteiger partial charge in [0, 0.05) is 18.6 Å². The van der Waals surface area contributed by atoms with Crippen molar-refractivity contribution in [2.45, 2.75) is 6.92 Å². The third-order valence-electron chi connectivity index (χ3n) is 2.14. The van der Waals surface area contributed by atoms with Gasteiger partial charge in [0.25, 0.3) is 11.9 Å². The predicted octanol–water partition coefficient (Wildman–Crippen LogP) is 1.34. The van der Waals surface area contributed by atoms with Gasteiger partial charge < -0.3 is 14.4 Å². The Morgan fingerprint density at radius 1 is 1.44 bits per heavy atom. The number of phenols is 1. The van der Waals surface area contributed by atoms with Gasteiger partial charge in [-0.3, -0.25) is 10.1 Å². The Morgan fingerprint density at radius 2 is 2.22 bits per heavy atom. The largest absolute Gasteiger partial charge is 0.508 e. The Bertz CT molecular complexity index is 579. The summed E-state index contributed by atoms with van der Waals surface area (Å²) in [6, 6.07) is 4.20. The summed E-state index contributed by atoms with van der Waals surface area (Å²) in [5.74, 6) is 0.261. The van der Waals surface area contributed by atoms with Crippen molar-refractivity contribution in [3.8, 4) is 11.5 Å². The summed E-state index contributed by atoms with van der Waals surface area (Å²) in [6.07, 6.45) is 0. The fraction of sp³-hybridized carbons (Fsp3) is 0.182. The normalized spacial score (nSPS) is 10.1. The molecule has 0 aliphatic carbocycles. The first kappa shape index (κ1) is 11.9. The average Bonchev–Trinajstić information content (AvgIpc) is 2.73. The molecule has 94 valence electrons. The van der Waals surface area contributed by atoms with E-state index in [4.69, 9.17) is 9.26 Å². The van der Waals surface area contributed by atoms with Crippen LogP contribution >= 0.6 is 0 Å². The molecule has 0 fully saturated rings. The number of nitrogens with zero attached hydrogens (tertiary/aromatic N) is 2. The van der Waals surface area contributed by atoms with Crippen LogP contribution in [0.2, 0.25) is 0 Å². The first-order chi connectivity index (χ1) is 8.58. The van der Waals surface area contributed by atoms with E-state index in [1.165, 1.54) is 25.3 Å². The molecule has 2 rings (SSSR count). The lowest BCUT2D eigenvalue weighted by Crippen LogP contribution is -2.13. The van der Waals surface area contributed by atoms with Gasteiger partial charge in [-0.05, 0) is 17.3 Å². The van der Waals surface area contributed by atoms with Crippen molar-refractivity contribution in [1.29, 1.82) is 0 Å². The molecular formula is C11H11N3O4. The highest BCUT2D eigenvalue weighted by atomic mass is 16.5. The minimum absolute atomic E-state index is 0.0659.